The summed E-state index contributed by atoms with van der Waals surface area (Å²) in [6.07, 6.45) is 2.53. The van der Waals surface area contributed by atoms with Crippen molar-refractivity contribution in [3.63, 3.8) is 0 Å². The van der Waals surface area contributed by atoms with E-state index in [0.717, 1.165) is 19.3 Å². The van der Waals surface area contributed by atoms with Crippen molar-refractivity contribution in [3.05, 3.63) is 0 Å². The van der Waals surface area contributed by atoms with Crippen LogP contribution in [0.15, 0.2) is 0 Å². The zero-order chi connectivity index (χ0) is 14.6. The molecule has 0 aromatic carbocycles. The third-order valence-electron chi connectivity index (χ3n) is 3.62. The van der Waals surface area contributed by atoms with Gasteiger partial charge in [-0.1, -0.05) is 13.8 Å². The Bertz CT molecular complexity index is 336. The first-order valence-corrected chi connectivity index (χ1v) is 7.06. The fraction of sp³-hybridized carbons (Fsp3) is 0.857. The van der Waals surface area contributed by atoms with E-state index in [9.17, 15) is 9.59 Å². The molecule has 0 unspecified atom stereocenters. The second-order valence-corrected chi connectivity index (χ2v) is 6.27. The smallest absolute Gasteiger partial charge is 0.318 e. The molecule has 0 saturated heterocycles. The van der Waals surface area contributed by atoms with Crippen LogP contribution in [0.25, 0.3) is 0 Å². The SMILES string of the molecule is CC(C)CN(C(=O)NC1(CC(=O)O)CCC1)C(C)C. The lowest BCUT2D eigenvalue weighted by atomic mass is 9.74. The third-order valence-corrected chi connectivity index (χ3v) is 3.62. The Kier molecular flexibility index (Phi) is 5.20. The second-order valence-electron chi connectivity index (χ2n) is 6.27. The number of nitrogens with zero attached hydrogens (tertiary/aromatic N) is 1. The molecule has 2 amide bonds. The number of urea groups is 1. The number of nitrogens with one attached hydrogen (secondary N) is 1. The molecule has 0 aromatic heterocycles. The van der Waals surface area contributed by atoms with Crippen molar-refractivity contribution in [2.24, 2.45) is 5.92 Å². The molecule has 1 rings (SSSR count). The molecule has 19 heavy (non-hydrogen) atoms. The molecule has 1 aliphatic rings. The number of amides is 2. The molecule has 1 saturated carbocycles. The van der Waals surface area contributed by atoms with Crippen molar-refractivity contribution in [1.82, 2.24) is 10.2 Å². The molecule has 0 heterocycles. The van der Waals surface area contributed by atoms with Gasteiger partial charge in [0.2, 0.25) is 0 Å². The molecule has 2 N–H and O–H groups in total. The number of aliphatic carboxylic acids is 1. The fourth-order valence-electron chi connectivity index (χ4n) is 2.46. The topological polar surface area (TPSA) is 69.6 Å². The molecule has 0 atom stereocenters. The van der Waals surface area contributed by atoms with E-state index in [1.807, 2.05) is 13.8 Å². The minimum atomic E-state index is -0.847. The Balaban J connectivity index is 2.67. The second kappa shape index (κ2) is 6.26. The molecule has 0 bridgehead atoms. The standard InChI is InChI=1S/C14H26N2O3/c1-10(2)9-16(11(3)4)13(19)15-14(6-5-7-14)8-12(17)18/h10-11H,5-9H2,1-4H3,(H,15,19)(H,17,18). The lowest BCUT2D eigenvalue weighted by molar-refractivity contribution is -0.139. The van der Waals surface area contributed by atoms with Gasteiger partial charge in [0.1, 0.15) is 0 Å². The van der Waals surface area contributed by atoms with Crippen molar-refractivity contribution >= 4 is 12.0 Å². The Morgan fingerprint density at radius 2 is 1.84 bits per heavy atom. The zero-order valence-corrected chi connectivity index (χ0v) is 12.4. The van der Waals surface area contributed by atoms with Gasteiger partial charge in [-0.2, -0.15) is 0 Å². The van der Waals surface area contributed by atoms with Gasteiger partial charge in [-0.25, -0.2) is 4.79 Å². The minimum absolute atomic E-state index is 0.0202. The third kappa shape index (κ3) is 4.40. The van der Waals surface area contributed by atoms with Gasteiger partial charge in [-0.3, -0.25) is 4.79 Å². The van der Waals surface area contributed by atoms with E-state index < -0.39 is 11.5 Å². The van der Waals surface area contributed by atoms with Crippen molar-refractivity contribution < 1.29 is 14.7 Å². The first kappa shape index (κ1) is 15.8. The summed E-state index contributed by atoms with van der Waals surface area (Å²) in [5.74, 6) is -0.454. The quantitative estimate of drug-likeness (QED) is 0.779. The van der Waals surface area contributed by atoms with Gasteiger partial charge in [0.25, 0.3) is 0 Å². The van der Waals surface area contributed by atoms with Crippen LogP contribution in [-0.4, -0.2) is 40.1 Å². The van der Waals surface area contributed by atoms with Crippen LogP contribution in [0.3, 0.4) is 0 Å². The maximum Gasteiger partial charge on any atom is 0.318 e. The number of hydrogen-bond acceptors (Lipinski definition) is 2. The van der Waals surface area contributed by atoms with Crippen LogP contribution < -0.4 is 5.32 Å². The Hall–Kier alpha value is -1.26. The number of carbonyl (C=O) groups excluding carboxylic acids is 1. The van der Waals surface area contributed by atoms with Crippen molar-refractivity contribution in [2.75, 3.05) is 6.54 Å². The maximum absolute atomic E-state index is 12.3. The molecule has 110 valence electrons. The van der Waals surface area contributed by atoms with Crippen LogP contribution in [0, 0.1) is 5.92 Å². The molecular weight excluding hydrogens is 244 g/mol. The average Bonchev–Trinajstić information content (AvgIpc) is 2.21. The zero-order valence-electron chi connectivity index (χ0n) is 12.4. The highest BCUT2D eigenvalue weighted by molar-refractivity contribution is 5.77. The summed E-state index contributed by atoms with van der Waals surface area (Å²) in [6.45, 7) is 8.78. The van der Waals surface area contributed by atoms with Crippen LogP contribution in [0.4, 0.5) is 4.79 Å². The Morgan fingerprint density at radius 1 is 1.26 bits per heavy atom. The maximum atomic E-state index is 12.3. The van der Waals surface area contributed by atoms with Gasteiger partial charge < -0.3 is 15.3 Å². The number of carboxylic acids is 1. The molecule has 0 aliphatic heterocycles. The summed E-state index contributed by atoms with van der Waals surface area (Å²) in [5, 5.41) is 11.9. The summed E-state index contributed by atoms with van der Waals surface area (Å²) in [4.78, 5) is 25.0. The van der Waals surface area contributed by atoms with Crippen LogP contribution in [0.5, 0.6) is 0 Å². The molecule has 0 radical (unpaired) electrons. The van der Waals surface area contributed by atoms with Gasteiger partial charge in [-0.15, -0.1) is 0 Å². The van der Waals surface area contributed by atoms with Crippen LogP contribution in [-0.2, 0) is 4.79 Å². The van der Waals surface area contributed by atoms with E-state index in [1.54, 1.807) is 4.90 Å². The molecule has 0 aromatic rings. The molecule has 0 spiro atoms. The predicted octanol–water partition coefficient (Wildman–Crippen LogP) is 2.46. The first-order chi connectivity index (χ1) is 8.76. The highest BCUT2D eigenvalue weighted by Crippen LogP contribution is 2.35. The number of carbonyl (C=O) groups is 2. The largest absolute Gasteiger partial charge is 0.481 e. The monoisotopic (exact) mass is 270 g/mol. The number of carboxylic acid groups (broad SMARTS) is 1. The Morgan fingerprint density at radius 3 is 2.16 bits per heavy atom. The summed E-state index contributed by atoms with van der Waals surface area (Å²) >= 11 is 0. The minimum Gasteiger partial charge on any atom is -0.481 e. The molecular formula is C14H26N2O3. The van der Waals surface area contributed by atoms with Crippen LogP contribution >= 0.6 is 0 Å². The fourth-order valence-corrected chi connectivity index (χ4v) is 2.46. The normalized spacial score (nSPS) is 17.2. The van der Waals surface area contributed by atoms with Gasteiger partial charge in [0, 0.05) is 12.6 Å². The Labute approximate surface area is 115 Å². The van der Waals surface area contributed by atoms with Crippen molar-refractivity contribution in [1.29, 1.82) is 0 Å². The average molecular weight is 270 g/mol. The molecule has 5 heteroatoms. The van der Waals surface area contributed by atoms with E-state index in [2.05, 4.69) is 19.2 Å². The number of hydrogen-bond donors (Lipinski definition) is 2. The van der Waals surface area contributed by atoms with Crippen molar-refractivity contribution in [2.45, 2.75) is 65.0 Å². The lowest BCUT2D eigenvalue weighted by Crippen LogP contribution is -2.59. The van der Waals surface area contributed by atoms with E-state index in [4.69, 9.17) is 5.11 Å². The van der Waals surface area contributed by atoms with E-state index in [0.29, 0.717) is 12.5 Å². The molecule has 1 fully saturated rings. The summed E-state index contributed by atoms with van der Waals surface area (Å²) in [6, 6.07) is -0.0194. The number of rotatable bonds is 6. The molecule has 1 aliphatic carbocycles. The van der Waals surface area contributed by atoms with Crippen LogP contribution in [0.1, 0.15) is 53.4 Å². The predicted molar refractivity (Wildman–Crippen MR) is 74.0 cm³/mol. The van der Waals surface area contributed by atoms with E-state index in [-0.39, 0.29) is 18.5 Å². The van der Waals surface area contributed by atoms with Crippen LogP contribution in [0.2, 0.25) is 0 Å². The van der Waals surface area contributed by atoms with Gasteiger partial charge in [0.05, 0.1) is 12.0 Å². The van der Waals surface area contributed by atoms with Gasteiger partial charge in [0.15, 0.2) is 0 Å². The highest BCUT2D eigenvalue weighted by Gasteiger charge is 2.41. The lowest BCUT2D eigenvalue weighted by Gasteiger charge is -2.43. The highest BCUT2D eigenvalue weighted by atomic mass is 16.4. The van der Waals surface area contributed by atoms with E-state index >= 15 is 0 Å². The molecule has 5 nitrogen and oxygen atoms in total. The van der Waals surface area contributed by atoms with Crippen molar-refractivity contribution in [3.8, 4) is 0 Å². The summed E-state index contributed by atoms with van der Waals surface area (Å²) < 4.78 is 0. The van der Waals surface area contributed by atoms with Gasteiger partial charge >= 0.3 is 12.0 Å². The summed E-state index contributed by atoms with van der Waals surface area (Å²) in [5.41, 5.74) is -0.521. The van der Waals surface area contributed by atoms with E-state index in [1.165, 1.54) is 0 Å². The van der Waals surface area contributed by atoms with Gasteiger partial charge in [-0.05, 0) is 39.0 Å². The first-order valence-electron chi connectivity index (χ1n) is 7.06. The summed E-state index contributed by atoms with van der Waals surface area (Å²) in [7, 11) is 0.